The molecule has 10 aromatic rings. The first kappa shape index (κ1) is 132. The Morgan fingerprint density at radius 1 is 0.478 bits per heavy atom. The van der Waals surface area contributed by atoms with Crippen LogP contribution in [0.5, 0.6) is 28.7 Å². The summed E-state index contributed by atoms with van der Waals surface area (Å²) in [4.78, 5) is 116. The molecule has 0 bridgehead atoms. The number of amides is 2. The number of alkyl halides is 6. The molecule has 13 heterocycles. The molecular weight excluding hydrogens is 2680 g/mol. The van der Waals surface area contributed by atoms with Crippen molar-refractivity contribution in [3.63, 3.8) is 0 Å². The van der Waals surface area contributed by atoms with E-state index in [1.807, 2.05) is 14.6 Å². The largest absolute Gasteiger partial charge is 0.524 e. The van der Waals surface area contributed by atoms with E-state index in [0.29, 0.717) is 129 Å². The molecule has 0 saturated carbocycles. The van der Waals surface area contributed by atoms with Gasteiger partial charge in [-0.1, -0.05) is 7.43 Å². The van der Waals surface area contributed by atoms with E-state index in [-0.39, 0.29) is 114 Å². The molecule has 63 heteroatoms. The molecule has 0 radical (unpaired) electrons. The molecule has 43 nitrogen and oxygen atoms in total. The number of carbonyl (C=O) groups excluding carboxylic acids is 9. The number of nitrogens with zero attached hydrogens (tertiary/aromatic N) is 3. The molecule has 0 aliphatic carbocycles. The summed E-state index contributed by atoms with van der Waals surface area (Å²) in [5, 5.41) is 18.6. The molecule has 0 spiro atoms. The van der Waals surface area contributed by atoms with Crippen LogP contribution in [0.4, 0.5) is 32.2 Å². The molecule has 0 atom stereocenters. The maximum atomic E-state index is 11.8. The Hall–Kier alpha value is -7.70. The fourth-order valence-electron chi connectivity index (χ4n) is 8.55. The van der Waals surface area contributed by atoms with Gasteiger partial charge in [-0.25, -0.2) is 24.0 Å². The molecule has 3 aliphatic rings. The van der Waals surface area contributed by atoms with Crippen LogP contribution in [0.1, 0.15) is 94.7 Å². The molecule has 7 N–H and O–H groups in total. The Labute approximate surface area is 870 Å². The Morgan fingerprint density at radius 2 is 0.897 bits per heavy atom. The first-order chi connectivity index (χ1) is 62.1. The number of rotatable bonds is 15. The van der Waals surface area contributed by atoms with E-state index >= 15 is 0 Å². The standard InChI is InChI=1S/C11H12BrNO5.C11H10BrNO4.C7H6Br2O4.C7H7BrO4.C7H8O4.C6H5BrO4.C6H5BrO3.C6H11NO2.C5H3BrO2.C4H3BrO.C2F6O5S2.CH4.Br2.H3N.H2O.Zn/c12-7-6-18-11(10(7)16)8(14)5-9(15)13-1-3-17-4-2-13;12-7-6-16-11-8(14)5-9(17-10(7)11)13-1-3-15-4-2-13;1-11-4-3(8)6(9)13-5(4)7(10)12-2;1-10-5-4(8)3-12-6(5)7(9)11-2;1-9-5-3-4-11-6(5)7(8)10-2;1-10-6(9)5-4(8)3(7)2-11-5;1-9-6(8)5-4(7)2-3-10-5;1-6(8)7-2-4-9-5-3-7;6-4-1-2-8-5(4)3-7;5-4-1-2-6-3-4;3-1(4,5)14(9,10)13-15(11,12)2(6,7)8;;1-2;;;/h6,16H,1-5H2;5-6H,1-4H2;1-2H3;3H,1-2H3;3-4H,1-2H3;2,8H,1H3;2-3H,1H3;2-5H2,1H3;1-3H;1-3H;;1H4;;1H3;1H2;. The summed E-state index contributed by atoms with van der Waals surface area (Å²) in [5.41, 5.74) is -12.0. The predicted octanol–water partition coefficient (Wildman–Crippen LogP) is 18.2. The predicted molar refractivity (Wildman–Crippen MR) is 495 cm³/mol. The van der Waals surface area contributed by atoms with Crippen LogP contribution in [0.2, 0.25) is 0 Å². The second-order valence-corrected chi connectivity index (χ2v) is 33.8. The fraction of sp³-hybridized carbons (Fsp3) is 0.342. The number of Topliss-reactive ketones (excluding diaryl/α,β-unsaturated/α-hetero) is 1. The molecule has 3 saturated heterocycles. The number of anilines is 1. The minimum atomic E-state index is -6.85. The normalized spacial score (nSPS) is 12.1. The molecule has 136 heavy (non-hydrogen) atoms. The molecule has 758 valence electrons. The third kappa shape index (κ3) is 42.8. The number of esters is 5. The number of hydrogen-bond acceptors (Lipinski definition) is 40. The zero-order chi connectivity index (χ0) is 100. The number of aldehydes is 1. The molecule has 3 fully saturated rings. The van der Waals surface area contributed by atoms with Gasteiger partial charge >= 0.3 is 61.1 Å². The van der Waals surface area contributed by atoms with Crippen molar-refractivity contribution >= 4 is 263 Å². The smallest absolute Gasteiger partial charge is 0.503 e. The number of aromatic hydroxyl groups is 2. The number of carbonyl (C=O) groups is 9. The molecule has 10 aromatic heterocycles. The van der Waals surface area contributed by atoms with Gasteiger partial charge in [0.2, 0.25) is 46.0 Å². The molecule has 0 aromatic carbocycles. The molecular formula is C73H79Br11F6N4O39S2Zn. The minimum absolute atomic E-state index is 0. The van der Waals surface area contributed by atoms with E-state index in [2.05, 4.69) is 204 Å². The van der Waals surface area contributed by atoms with E-state index in [9.17, 15) is 96.2 Å². The van der Waals surface area contributed by atoms with E-state index in [1.54, 1.807) is 47.4 Å². The van der Waals surface area contributed by atoms with Crippen LogP contribution in [0.15, 0.2) is 176 Å². The van der Waals surface area contributed by atoms with Crippen LogP contribution in [0.25, 0.3) is 11.2 Å². The summed E-state index contributed by atoms with van der Waals surface area (Å²) in [7, 11) is -3.01. The summed E-state index contributed by atoms with van der Waals surface area (Å²) < 4.78 is 217. The molecule has 0 unspecified atom stereocenters. The van der Waals surface area contributed by atoms with Crippen molar-refractivity contribution in [1.29, 1.82) is 0 Å². The van der Waals surface area contributed by atoms with Crippen molar-refractivity contribution in [2.45, 2.75) is 31.8 Å². The van der Waals surface area contributed by atoms with E-state index in [1.165, 1.54) is 107 Å². The zero-order valence-corrected chi connectivity index (χ0v) is 92.5. The monoisotopic (exact) mass is 2750 g/mol. The van der Waals surface area contributed by atoms with Crippen molar-refractivity contribution in [2.24, 2.45) is 0 Å². The summed E-state index contributed by atoms with van der Waals surface area (Å²) in [6, 6.07) is 8.14. The van der Waals surface area contributed by atoms with Crippen molar-refractivity contribution < 1.29 is 221 Å². The fourth-order valence-corrected chi connectivity index (χ4v) is 13.1. The van der Waals surface area contributed by atoms with Crippen molar-refractivity contribution in [1.82, 2.24) is 16.0 Å². The van der Waals surface area contributed by atoms with Crippen LogP contribution in [-0.4, -0.2) is 243 Å². The Kier molecular flexibility index (Phi) is 65.1. The maximum Gasteiger partial charge on any atom is 0.524 e. The topological polar surface area (TPSA) is 598 Å². The summed E-state index contributed by atoms with van der Waals surface area (Å²) in [5.74, 6) is -2.07. The second-order valence-electron chi connectivity index (χ2n) is 23.0. The van der Waals surface area contributed by atoms with Gasteiger partial charge in [0, 0.05) is 100.0 Å². The molecule has 3 aliphatic heterocycles. The number of ketones is 1. The quantitative estimate of drug-likeness (QED) is 0.0125. The van der Waals surface area contributed by atoms with Crippen molar-refractivity contribution in [3.8, 4) is 28.7 Å². The van der Waals surface area contributed by atoms with E-state index < -0.39 is 66.9 Å². The van der Waals surface area contributed by atoms with Crippen LogP contribution in [0, 0.1) is 0 Å². The van der Waals surface area contributed by atoms with Gasteiger partial charge in [-0.15, -0.1) is 3.63 Å². The number of ether oxygens (including phenoxy) is 11. The number of fused-ring (bicyclic) bond motifs is 1. The van der Waals surface area contributed by atoms with Gasteiger partial charge in [0.25, 0.3) is 23.0 Å². The van der Waals surface area contributed by atoms with Crippen LogP contribution in [-0.2, 0) is 90.8 Å². The van der Waals surface area contributed by atoms with Crippen molar-refractivity contribution in [3.05, 3.63) is 178 Å². The van der Waals surface area contributed by atoms with Gasteiger partial charge < -0.3 is 133 Å². The van der Waals surface area contributed by atoms with E-state index in [4.69, 9.17) is 68.9 Å². The van der Waals surface area contributed by atoms with Gasteiger partial charge in [0.1, 0.15) is 35.8 Å². The van der Waals surface area contributed by atoms with Crippen molar-refractivity contribution in [2.75, 3.05) is 141 Å². The number of hydrogen-bond donors (Lipinski definition) is 3. The number of halogens is 17. The first-order valence-corrected chi connectivity index (χ1v) is 48.4. The van der Waals surface area contributed by atoms with Gasteiger partial charge in [-0.05, 0) is 162 Å². The van der Waals surface area contributed by atoms with Gasteiger partial charge in [-0.2, -0.15) is 43.2 Å². The Bertz CT molecular complexity index is 5580. The van der Waals surface area contributed by atoms with Crippen LogP contribution in [0.3, 0.4) is 0 Å². The third-order valence-corrected chi connectivity index (χ3v) is 23.1. The zero-order valence-electron chi connectivity index (χ0n) is 70.4. The van der Waals surface area contributed by atoms with Crippen LogP contribution >= 0.6 is 172 Å². The second kappa shape index (κ2) is 66.8. The number of morpholine rings is 3. The summed E-state index contributed by atoms with van der Waals surface area (Å²) in [6.07, 6.45) is 13.1. The number of methoxy groups -OCH3 is 8. The summed E-state index contributed by atoms with van der Waals surface area (Å²) in [6.45, 7) is 9.18. The Balaban J connectivity index is -0.00000144. The van der Waals surface area contributed by atoms with E-state index in [0.717, 1.165) is 30.7 Å². The SMILES string of the molecule is BrBr.Brc1ccoc1.C.CC(=O)N1CCOCC1.COC(=O)c1oc(Br)c(Br)c1OC.COC(=O)c1occ(Br)c1O.COC(=O)c1occ(Br)c1OC.COC(=O)c1occc1Br.COC(=O)c1occc1OC.N.O.O=C(CC(=O)N1CCOCC1)c1occ(Br)c1O.O=Cc1occc1Br.O=S(=O)(OS(=O)(=O)C(F)(F)F)C(F)(F)F.O=c1cc(N2CCOCC2)oc2c(Br)coc12.[Zn]. The number of furan rings is 9. The molecule has 2 amide bonds. The Morgan fingerprint density at radius 3 is 1.29 bits per heavy atom. The average Bonchev–Trinajstić information content (AvgIpc) is 1.44. The van der Waals surface area contributed by atoms with Crippen LogP contribution < -0.4 is 30.7 Å². The van der Waals surface area contributed by atoms with Gasteiger partial charge in [-0.3, -0.25) is 24.0 Å². The third-order valence-electron chi connectivity index (χ3n) is 14.7. The maximum absolute atomic E-state index is 11.8. The van der Waals surface area contributed by atoms with Gasteiger partial charge in [0.05, 0.1) is 165 Å². The first-order valence-electron chi connectivity index (χ1n) is 34.7. The summed E-state index contributed by atoms with van der Waals surface area (Å²) >= 11 is 33.6. The average molecular weight is 2760 g/mol. The molecule has 13 rings (SSSR count). The van der Waals surface area contributed by atoms with Gasteiger partial charge in [0.15, 0.2) is 51.0 Å². The minimum Gasteiger partial charge on any atom is -0.503 e.